The first-order chi connectivity index (χ1) is 10.8. The van der Waals surface area contributed by atoms with Crippen molar-refractivity contribution in [2.75, 3.05) is 18.5 Å². The van der Waals surface area contributed by atoms with Gasteiger partial charge in [-0.2, -0.15) is 0 Å². The van der Waals surface area contributed by atoms with Gasteiger partial charge in [-0.3, -0.25) is 0 Å². The molecule has 1 heterocycles. The summed E-state index contributed by atoms with van der Waals surface area (Å²) >= 11 is 0. The Bertz CT molecular complexity index is 558. The van der Waals surface area contributed by atoms with Gasteiger partial charge in [0.2, 0.25) is 0 Å². The lowest BCUT2D eigenvalue weighted by Crippen LogP contribution is -2.12. The molecule has 0 saturated heterocycles. The number of rotatable bonds is 9. The lowest BCUT2D eigenvalue weighted by molar-refractivity contribution is 0.330. The Morgan fingerprint density at radius 2 is 2.09 bits per heavy atom. The summed E-state index contributed by atoms with van der Waals surface area (Å²) in [6, 6.07) is 8.34. The van der Waals surface area contributed by atoms with Gasteiger partial charge < -0.3 is 10.1 Å². The van der Waals surface area contributed by atoms with E-state index >= 15 is 0 Å². The van der Waals surface area contributed by atoms with Crippen LogP contribution < -0.4 is 10.1 Å². The minimum absolute atomic E-state index is 0.611. The second-order valence-electron chi connectivity index (χ2n) is 5.43. The Balaban J connectivity index is 1.75. The highest BCUT2D eigenvalue weighted by atomic mass is 16.5. The number of nitrogens with zero attached hydrogens (tertiary/aromatic N) is 2. The molecule has 0 unspecified atom stereocenters. The molecule has 4 nitrogen and oxygen atoms in total. The maximum absolute atomic E-state index is 5.83. The molecule has 0 bridgehead atoms. The van der Waals surface area contributed by atoms with Gasteiger partial charge >= 0.3 is 0 Å². The van der Waals surface area contributed by atoms with Crippen molar-refractivity contribution in [2.45, 2.75) is 39.5 Å². The number of nitrogens with one attached hydrogen (secondary N) is 1. The minimum Gasteiger partial charge on any atom is -0.491 e. The molecule has 4 heteroatoms. The molecule has 1 N–H and O–H groups in total. The summed E-state index contributed by atoms with van der Waals surface area (Å²) in [5.41, 5.74) is 2.61. The second kappa shape index (κ2) is 9.03. The van der Waals surface area contributed by atoms with Crippen LogP contribution in [0.3, 0.4) is 0 Å². The molecular weight excluding hydrogens is 274 g/mol. The van der Waals surface area contributed by atoms with Crippen molar-refractivity contribution in [1.82, 2.24) is 9.97 Å². The third kappa shape index (κ3) is 5.35. The van der Waals surface area contributed by atoms with Crippen molar-refractivity contribution in [1.29, 1.82) is 0 Å². The van der Waals surface area contributed by atoms with E-state index in [0.29, 0.717) is 13.2 Å². The number of ether oxygens (including phenoxy) is 1. The lowest BCUT2D eigenvalue weighted by atomic mass is 10.0. The molecule has 0 saturated carbocycles. The lowest BCUT2D eigenvalue weighted by Gasteiger charge is -2.11. The van der Waals surface area contributed by atoms with Gasteiger partial charge in [-0.15, -0.1) is 0 Å². The molecule has 0 amide bonds. The number of aryl methyl sites for hydroxylation is 2. The molecule has 2 rings (SSSR count). The van der Waals surface area contributed by atoms with Crippen molar-refractivity contribution in [3.63, 3.8) is 0 Å². The smallest absolute Gasteiger partial charge is 0.129 e. The van der Waals surface area contributed by atoms with Crippen molar-refractivity contribution in [2.24, 2.45) is 0 Å². The van der Waals surface area contributed by atoms with E-state index in [4.69, 9.17) is 4.74 Å². The Labute approximate surface area is 133 Å². The molecule has 2 aromatic rings. The first-order valence-electron chi connectivity index (χ1n) is 8.02. The summed E-state index contributed by atoms with van der Waals surface area (Å²) in [6.07, 6.45) is 8.23. The fraction of sp³-hybridized carbons (Fsp3) is 0.444. The fourth-order valence-corrected chi connectivity index (χ4v) is 2.34. The topological polar surface area (TPSA) is 47.0 Å². The Hall–Kier alpha value is -2.10. The first-order valence-corrected chi connectivity index (χ1v) is 8.02. The predicted octanol–water partition coefficient (Wildman–Crippen LogP) is 4.01. The van der Waals surface area contributed by atoms with Gasteiger partial charge in [0.15, 0.2) is 0 Å². The minimum atomic E-state index is 0.611. The van der Waals surface area contributed by atoms with Crippen LogP contribution in [0.4, 0.5) is 5.82 Å². The molecule has 118 valence electrons. The Kier molecular flexibility index (Phi) is 6.68. The highest BCUT2D eigenvalue weighted by Gasteiger charge is 2.02. The van der Waals surface area contributed by atoms with Crippen LogP contribution in [0, 0.1) is 6.92 Å². The summed E-state index contributed by atoms with van der Waals surface area (Å²) in [5.74, 6) is 1.78. The molecular formula is C18H25N3O. The molecule has 0 aliphatic rings. The van der Waals surface area contributed by atoms with E-state index in [1.807, 2.05) is 6.07 Å². The maximum atomic E-state index is 5.83. The van der Waals surface area contributed by atoms with Crippen LogP contribution in [0.1, 0.15) is 37.3 Å². The molecule has 1 aromatic heterocycles. The zero-order valence-electron chi connectivity index (χ0n) is 13.5. The molecule has 0 aliphatic carbocycles. The van der Waals surface area contributed by atoms with Gasteiger partial charge in [0.25, 0.3) is 0 Å². The van der Waals surface area contributed by atoms with E-state index in [0.717, 1.165) is 18.0 Å². The number of aromatic nitrogens is 2. The van der Waals surface area contributed by atoms with Crippen molar-refractivity contribution in [3.8, 4) is 5.75 Å². The Morgan fingerprint density at radius 1 is 1.18 bits per heavy atom. The Morgan fingerprint density at radius 3 is 2.82 bits per heavy atom. The summed E-state index contributed by atoms with van der Waals surface area (Å²) in [7, 11) is 0. The number of unbranched alkanes of at least 4 members (excludes halogenated alkanes) is 2. The molecule has 0 aliphatic heterocycles. The quantitative estimate of drug-likeness (QED) is 0.711. The van der Waals surface area contributed by atoms with E-state index in [-0.39, 0.29) is 0 Å². The van der Waals surface area contributed by atoms with Crippen LogP contribution >= 0.6 is 0 Å². The van der Waals surface area contributed by atoms with E-state index in [1.165, 1.54) is 36.7 Å². The third-order valence-corrected chi connectivity index (χ3v) is 3.56. The zero-order valence-corrected chi connectivity index (χ0v) is 13.5. The largest absolute Gasteiger partial charge is 0.491 e. The van der Waals surface area contributed by atoms with Gasteiger partial charge in [-0.25, -0.2) is 9.97 Å². The number of benzene rings is 1. The number of anilines is 1. The highest BCUT2D eigenvalue weighted by Crippen LogP contribution is 2.20. The van der Waals surface area contributed by atoms with Gasteiger partial charge in [0.1, 0.15) is 24.5 Å². The van der Waals surface area contributed by atoms with E-state index in [9.17, 15) is 0 Å². The van der Waals surface area contributed by atoms with Crippen LogP contribution in [0.5, 0.6) is 5.75 Å². The van der Waals surface area contributed by atoms with Gasteiger partial charge in [0, 0.05) is 6.20 Å². The highest BCUT2D eigenvalue weighted by molar-refractivity contribution is 5.36. The fourth-order valence-electron chi connectivity index (χ4n) is 2.34. The second-order valence-corrected chi connectivity index (χ2v) is 5.43. The van der Waals surface area contributed by atoms with E-state index < -0.39 is 0 Å². The molecule has 0 fully saturated rings. The molecule has 22 heavy (non-hydrogen) atoms. The summed E-state index contributed by atoms with van der Waals surface area (Å²) < 4.78 is 5.83. The third-order valence-electron chi connectivity index (χ3n) is 3.56. The van der Waals surface area contributed by atoms with Crippen LogP contribution in [0.2, 0.25) is 0 Å². The van der Waals surface area contributed by atoms with Crippen LogP contribution in [-0.4, -0.2) is 23.1 Å². The van der Waals surface area contributed by atoms with Crippen molar-refractivity contribution in [3.05, 3.63) is 47.9 Å². The summed E-state index contributed by atoms with van der Waals surface area (Å²) in [4.78, 5) is 8.00. The standard InChI is InChI=1S/C18H25N3O/c1-3-4-5-6-16-7-8-17(15(2)13-16)22-12-11-20-18-9-10-19-14-21-18/h7-10,13-14H,3-6,11-12H2,1-2H3,(H,19,20,21). The van der Waals surface area contributed by atoms with Crippen LogP contribution in [0.25, 0.3) is 0 Å². The predicted molar refractivity (Wildman–Crippen MR) is 90.4 cm³/mol. The maximum Gasteiger partial charge on any atom is 0.129 e. The monoisotopic (exact) mass is 299 g/mol. The molecule has 0 spiro atoms. The first kappa shape index (κ1) is 16.3. The van der Waals surface area contributed by atoms with E-state index in [1.54, 1.807) is 6.20 Å². The molecule has 1 aromatic carbocycles. The van der Waals surface area contributed by atoms with Gasteiger partial charge in [-0.05, 0) is 43.0 Å². The van der Waals surface area contributed by atoms with E-state index in [2.05, 4.69) is 47.3 Å². The zero-order chi connectivity index (χ0) is 15.6. The van der Waals surface area contributed by atoms with Crippen molar-refractivity contribution >= 4 is 5.82 Å². The van der Waals surface area contributed by atoms with Crippen LogP contribution in [0.15, 0.2) is 36.8 Å². The average molecular weight is 299 g/mol. The summed E-state index contributed by atoms with van der Waals surface area (Å²) in [6.45, 7) is 5.67. The SMILES string of the molecule is CCCCCc1ccc(OCCNc2ccncn2)c(C)c1. The molecule has 0 atom stereocenters. The summed E-state index contributed by atoms with van der Waals surface area (Å²) in [5, 5.41) is 3.20. The van der Waals surface area contributed by atoms with Gasteiger partial charge in [-0.1, -0.05) is 31.9 Å². The number of hydrogen-bond donors (Lipinski definition) is 1. The normalized spacial score (nSPS) is 10.5. The molecule has 0 radical (unpaired) electrons. The number of hydrogen-bond acceptors (Lipinski definition) is 4. The van der Waals surface area contributed by atoms with Gasteiger partial charge in [0.05, 0.1) is 6.54 Å². The van der Waals surface area contributed by atoms with Crippen LogP contribution in [-0.2, 0) is 6.42 Å². The van der Waals surface area contributed by atoms with Crippen molar-refractivity contribution < 1.29 is 4.74 Å². The average Bonchev–Trinajstić information content (AvgIpc) is 2.54.